The molecule has 0 amide bonds. The number of nitrogen functional groups attached to an aromatic ring is 1. The van der Waals surface area contributed by atoms with Gasteiger partial charge in [-0.25, -0.2) is 9.49 Å². The molecule has 0 saturated carbocycles. The molecule has 1 aromatic carbocycles. The maximum atomic E-state index is 13.8. The first-order chi connectivity index (χ1) is 10.4. The second-order valence-electron chi connectivity index (χ2n) is 4.56. The van der Waals surface area contributed by atoms with Crippen LogP contribution in [0.3, 0.4) is 0 Å². The Balaban J connectivity index is 0.00000116. The van der Waals surface area contributed by atoms with E-state index < -0.39 is 5.82 Å². The Bertz CT molecular complexity index is 678. The van der Waals surface area contributed by atoms with E-state index in [1.54, 1.807) is 0 Å². The van der Waals surface area contributed by atoms with Crippen molar-refractivity contribution in [3.05, 3.63) is 45.0 Å². The second kappa shape index (κ2) is 7.79. The van der Waals surface area contributed by atoms with Crippen LogP contribution in [-0.4, -0.2) is 10.2 Å². The van der Waals surface area contributed by atoms with Crippen LogP contribution in [0.4, 0.5) is 10.1 Å². The fourth-order valence-corrected chi connectivity index (χ4v) is 1.93. The van der Waals surface area contributed by atoms with E-state index in [1.165, 1.54) is 12.1 Å². The third-order valence-corrected chi connectivity index (χ3v) is 2.92. The monoisotopic (exact) mass is 327 g/mol. The summed E-state index contributed by atoms with van der Waals surface area (Å²) >= 11 is 5.90. The van der Waals surface area contributed by atoms with Crippen molar-refractivity contribution in [2.75, 3.05) is 5.73 Å². The standard InChI is InChI=1S/C13H13ClFN3O2.C2H6/c1-6(2)8-5-11(19)17-18-13(8)20-12-9(14)3-7(16)4-10(12)15;1-2/h3-6H,16H2,1-2H3,(H,17,19);1-2H3. The fourth-order valence-electron chi connectivity index (χ4n) is 1.67. The summed E-state index contributed by atoms with van der Waals surface area (Å²) in [6, 6.07) is 3.83. The molecule has 0 aliphatic rings. The zero-order valence-corrected chi connectivity index (χ0v) is 13.7. The van der Waals surface area contributed by atoms with Crippen molar-refractivity contribution in [3.63, 3.8) is 0 Å². The Labute approximate surface area is 133 Å². The normalized spacial score (nSPS) is 10.1. The minimum absolute atomic E-state index is 0.0181. The third-order valence-electron chi connectivity index (χ3n) is 2.64. The van der Waals surface area contributed by atoms with Crippen molar-refractivity contribution in [1.29, 1.82) is 0 Å². The summed E-state index contributed by atoms with van der Waals surface area (Å²) in [4.78, 5) is 11.3. The van der Waals surface area contributed by atoms with E-state index in [-0.39, 0.29) is 33.8 Å². The lowest BCUT2D eigenvalue weighted by molar-refractivity contribution is 0.414. The average Bonchev–Trinajstić information content (AvgIpc) is 2.46. The first kappa shape index (κ1) is 18.0. The molecule has 0 saturated heterocycles. The van der Waals surface area contributed by atoms with Gasteiger partial charge in [0.1, 0.15) is 0 Å². The van der Waals surface area contributed by atoms with Crippen LogP contribution in [0.2, 0.25) is 5.02 Å². The first-order valence-corrected chi connectivity index (χ1v) is 7.28. The lowest BCUT2D eigenvalue weighted by Crippen LogP contribution is -2.11. The van der Waals surface area contributed by atoms with Crippen LogP contribution < -0.4 is 16.0 Å². The number of halogens is 2. The topological polar surface area (TPSA) is 81.0 Å². The van der Waals surface area contributed by atoms with Crippen molar-refractivity contribution in [2.45, 2.75) is 33.6 Å². The van der Waals surface area contributed by atoms with Crippen molar-refractivity contribution >= 4 is 17.3 Å². The molecule has 120 valence electrons. The van der Waals surface area contributed by atoms with Crippen LogP contribution >= 0.6 is 11.6 Å². The molecule has 2 rings (SSSR count). The van der Waals surface area contributed by atoms with Gasteiger partial charge in [-0.1, -0.05) is 39.3 Å². The molecule has 22 heavy (non-hydrogen) atoms. The molecule has 1 aromatic heterocycles. The minimum Gasteiger partial charge on any atom is -0.433 e. The number of hydrogen-bond acceptors (Lipinski definition) is 4. The molecule has 0 atom stereocenters. The van der Waals surface area contributed by atoms with E-state index in [9.17, 15) is 9.18 Å². The van der Waals surface area contributed by atoms with Gasteiger partial charge >= 0.3 is 0 Å². The van der Waals surface area contributed by atoms with E-state index in [1.807, 2.05) is 27.7 Å². The molecule has 0 spiro atoms. The Hall–Kier alpha value is -2.08. The van der Waals surface area contributed by atoms with Crippen molar-refractivity contribution in [1.82, 2.24) is 10.2 Å². The first-order valence-electron chi connectivity index (χ1n) is 6.90. The number of nitrogens with two attached hydrogens (primary N) is 1. The largest absolute Gasteiger partial charge is 0.433 e. The fraction of sp³-hybridized carbons (Fsp3) is 0.333. The number of nitrogens with one attached hydrogen (secondary N) is 1. The van der Waals surface area contributed by atoms with Gasteiger partial charge in [-0.05, 0) is 12.0 Å². The molecule has 0 aliphatic carbocycles. The van der Waals surface area contributed by atoms with Crippen molar-refractivity contribution < 1.29 is 9.13 Å². The summed E-state index contributed by atoms with van der Waals surface area (Å²) in [7, 11) is 0. The number of aromatic amines is 1. The molecule has 7 heteroatoms. The molecular weight excluding hydrogens is 309 g/mol. The van der Waals surface area contributed by atoms with Crippen molar-refractivity contribution in [2.24, 2.45) is 0 Å². The summed E-state index contributed by atoms with van der Waals surface area (Å²) < 4.78 is 19.2. The van der Waals surface area contributed by atoms with Gasteiger partial charge < -0.3 is 10.5 Å². The zero-order chi connectivity index (χ0) is 16.9. The molecule has 0 aliphatic heterocycles. The number of aromatic nitrogens is 2. The van der Waals surface area contributed by atoms with Gasteiger partial charge in [0.05, 0.1) is 5.02 Å². The van der Waals surface area contributed by atoms with Gasteiger partial charge in [0, 0.05) is 23.4 Å². The van der Waals surface area contributed by atoms with Crippen LogP contribution in [0.25, 0.3) is 0 Å². The highest BCUT2D eigenvalue weighted by molar-refractivity contribution is 6.32. The van der Waals surface area contributed by atoms with E-state index in [0.717, 1.165) is 6.07 Å². The molecule has 5 nitrogen and oxygen atoms in total. The predicted octanol–water partition coefficient (Wildman–Crippen LogP) is 4.09. The van der Waals surface area contributed by atoms with Gasteiger partial charge in [-0.2, -0.15) is 0 Å². The highest BCUT2D eigenvalue weighted by atomic mass is 35.5. The van der Waals surface area contributed by atoms with Crippen molar-refractivity contribution in [3.8, 4) is 11.6 Å². The summed E-state index contributed by atoms with van der Waals surface area (Å²) in [5.74, 6) is -0.791. The maximum Gasteiger partial charge on any atom is 0.264 e. The Morgan fingerprint density at radius 1 is 1.32 bits per heavy atom. The smallest absolute Gasteiger partial charge is 0.264 e. The van der Waals surface area contributed by atoms with Crippen LogP contribution in [0.15, 0.2) is 23.0 Å². The number of rotatable bonds is 3. The SMILES string of the molecule is CC.CC(C)c1cc(=O)[nH]nc1Oc1c(F)cc(N)cc1Cl. The lowest BCUT2D eigenvalue weighted by Gasteiger charge is -2.13. The zero-order valence-electron chi connectivity index (χ0n) is 12.9. The molecular formula is C15H19ClFN3O2. The van der Waals surface area contributed by atoms with Crippen LogP contribution in [0.1, 0.15) is 39.2 Å². The number of ether oxygens (including phenoxy) is 1. The van der Waals surface area contributed by atoms with Gasteiger partial charge in [0.15, 0.2) is 11.6 Å². The Kier molecular flexibility index (Phi) is 6.37. The van der Waals surface area contributed by atoms with Crippen LogP contribution in [0.5, 0.6) is 11.6 Å². The Morgan fingerprint density at radius 3 is 2.50 bits per heavy atom. The molecule has 3 N–H and O–H groups in total. The molecule has 0 bridgehead atoms. The molecule has 1 heterocycles. The molecule has 0 unspecified atom stereocenters. The molecule has 2 aromatic rings. The van der Waals surface area contributed by atoms with Gasteiger partial charge in [-0.15, -0.1) is 5.10 Å². The van der Waals surface area contributed by atoms with E-state index >= 15 is 0 Å². The number of hydrogen-bond donors (Lipinski definition) is 2. The maximum absolute atomic E-state index is 13.8. The summed E-state index contributed by atoms with van der Waals surface area (Å²) in [5, 5.41) is 6.06. The van der Waals surface area contributed by atoms with Crippen LogP contribution in [-0.2, 0) is 0 Å². The lowest BCUT2D eigenvalue weighted by atomic mass is 10.1. The van der Waals surface area contributed by atoms with Gasteiger partial charge in [-0.3, -0.25) is 4.79 Å². The highest BCUT2D eigenvalue weighted by Crippen LogP contribution is 2.35. The van der Waals surface area contributed by atoms with Crippen LogP contribution in [0, 0.1) is 5.82 Å². The van der Waals surface area contributed by atoms with Gasteiger partial charge in [0.25, 0.3) is 5.56 Å². The highest BCUT2D eigenvalue weighted by Gasteiger charge is 2.16. The predicted molar refractivity (Wildman–Crippen MR) is 86.2 cm³/mol. The summed E-state index contributed by atoms with van der Waals surface area (Å²) in [5.41, 5.74) is 5.87. The number of benzene rings is 1. The second-order valence-corrected chi connectivity index (χ2v) is 4.97. The summed E-state index contributed by atoms with van der Waals surface area (Å²) in [6.07, 6.45) is 0. The average molecular weight is 328 g/mol. The molecule has 0 radical (unpaired) electrons. The quantitative estimate of drug-likeness (QED) is 0.832. The Morgan fingerprint density at radius 2 is 1.95 bits per heavy atom. The number of anilines is 1. The minimum atomic E-state index is -0.697. The van der Waals surface area contributed by atoms with E-state index in [0.29, 0.717) is 5.56 Å². The number of H-pyrrole nitrogens is 1. The summed E-state index contributed by atoms with van der Waals surface area (Å²) in [6.45, 7) is 7.73. The van der Waals surface area contributed by atoms with E-state index in [4.69, 9.17) is 22.1 Å². The molecule has 0 fully saturated rings. The number of nitrogens with zero attached hydrogens (tertiary/aromatic N) is 1. The third kappa shape index (κ3) is 4.21. The van der Waals surface area contributed by atoms with E-state index in [2.05, 4.69) is 10.2 Å². The van der Waals surface area contributed by atoms with Gasteiger partial charge in [0.2, 0.25) is 5.88 Å².